The molecule has 3 rings (SSSR count). The number of likely N-dealkylation sites (tertiary alicyclic amines) is 1. The van der Waals surface area contributed by atoms with Gasteiger partial charge in [-0.3, -0.25) is 4.79 Å². The molecule has 34 heavy (non-hydrogen) atoms. The molecule has 1 aliphatic heterocycles. The molecule has 0 saturated carbocycles. The van der Waals surface area contributed by atoms with E-state index in [1.165, 1.54) is 11.3 Å². The fourth-order valence-electron chi connectivity index (χ4n) is 4.33. The first-order valence-electron chi connectivity index (χ1n) is 12.6. The third kappa shape index (κ3) is 7.10. The molecule has 0 bridgehead atoms. The standard InChI is InChI=1S/C29H41N3O2/c1-5-23(4)28(30)29(33)31-18-16-26(17-19-31)32(20-15-22(2)3)25-11-13-27(14-12-25)34-21-24-9-7-6-8-10-24/h6-15,23,26,28H,5,16-21,30H2,1-4H3/t23?,28-/m0/s1. The van der Waals surface area contributed by atoms with E-state index >= 15 is 0 Å². The molecule has 1 fully saturated rings. The largest absolute Gasteiger partial charge is 0.489 e. The highest BCUT2D eigenvalue weighted by atomic mass is 16.5. The molecule has 1 unspecified atom stereocenters. The van der Waals surface area contributed by atoms with Gasteiger partial charge in [0.15, 0.2) is 0 Å². The van der Waals surface area contributed by atoms with E-state index < -0.39 is 6.04 Å². The second-order valence-electron chi connectivity index (χ2n) is 9.67. The van der Waals surface area contributed by atoms with Crippen molar-refractivity contribution in [3.05, 3.63) is 71.8 Å². The lowest BCUT2D eigenvalue weighted by molar-refractivity contribution is -0.134. The number of carbonyl (C=O) groups excluding carboxylic acids is 1. The van der Waals surface area contributed by atoms with Crippen molar-refractivity contribution in [1.82, 2.24) is 4.90 Å². The Bertz CT molecular complexity index is 914. The predicted molar refractivity (Wildman–Crippen MR) is 141 cm³/mol. The quantitative estimate of drug-likeness (QED) is 0.479. The van der Waals surface area contributed by atoms with Crippen LogP contribution in [0.25, 0.3) is 0 Å². The van der Waals surface area contributed by atoms with Crippen LogP contribution in [-0.4, -0.2) is 42.5 Å². The predicted octanol–water partition coefficient (Wildman–Crippen LogP) is 5.40. The number of hydrogen-bond acceptors (Lipinski definition) is 4. The van der Waals surface area contributed by atoms with Gasteiger partial charge in [-0.05, 0) is 62.4 Å². The first-order valence-corrected chi connectivity index (χ1v) is 12.6. The number of nitrogens with two attached hydrogens (primary N) is 1. The van der Waals surface area contributed by atoms with Gasteiger partial charge in [0, 0.05) is 31.4 Å². The van der Waals surface area contributed by atoms with Crippen molar-refractivity contribution >= 4 is 11.6 Å². The zero-order valence-corrected chi connectivity index (χ0v) is 21.2. The monoisotopic (exact) mass is 463 g/mol. The van der Waals surface area contributed by atoms with E-state index in [0.29, 0.717) is 12.6 Å². The molecular weight excluding hydrogens is 422 g/mol. The summed E-state index contributed by atoms with van der Waals surface area (Å²) in [6, 6.07) is 18.6. The molecule has 2 aromatic rings. The average molecular weight is 464 g/mol. The lowest BCUT2D eigenvalue weighted by Gasteiger charge is -2.40. The van der Waals surface area contributed by atoms with Crippen LogP contribution in [0.5, 0.6) is 5.75 Å². The van der Waals surface area contributed by atoms with Crippen LogP contribution in [-0.2, 0) is 11.4 Å². The van der Waals surface area contributed by atoms with Gasteiger partial charge >= 0.3 is 0 Å². The molecular formula is C29H41N3O2. The average Bonchev–Trinajstić information content (AvgIpc) is 2.87. The molecule has 0 radical (unpaired) electrons. The minimum Gasteiger partial charge on any atom is -0.489 e. The minimum absolute atomic E-state index is 0.101. The van der Waals surface area contributed by atoms with Crippen molar-refractivity contribution < 1.29 is 9.53 Å². The highest BCUT2D eigenvalue weighted by Crippen LogP contribution is 2.27. The SMILES string of the molecule is CCC(C)[C@H](N)C(=O)N1CCC(N(CC=C(C)C)c2ccc(OCc3ccccc3)cc2)CC1. The Morgan fingerprint density at radius 2 is 1.76 bits per heavy atom. The molecule has 2 aromatic carbocycles. The molecule has 0 aromatic heterocycles. The van der Waals surface area contributed by atoms with E-state index in [-0.39, 0.29) is 11.8 Å². The molecule has 184 valence electrons. The van der Waals surface area contributed by atoms with Gasteiger partial charge in [-0.25, -0.2) is 0 Å². The topological polar surface area (TPSA) is 58.8 Å². The van der Waals surface area contributed by atoms with Crippen molar-refractivity contribution in [2.75, 3.05) is 24.5 Å². The maximum absolute atomic E-state index is 12.8. The second-order valence-corrected chi connectivity index (χ2v) is 9.67. The Labute approximate surface area is 205 Å². The number of carbonyl (C=O) groups is 1. The Hall–Kier alpha value is -2.79. The van der Waals surface area contributed by atoms with E-state index in [0.717, 1.165) is 50.2 Å². The summed E-state index contributed by atoms with van der Waals surface area (Å²) < 4.78 is 5.98. The first-order chi connectivity index (χ1) is 16.4. The van der Waals surface area contributed by atoms with Crippen LogP contribution >= 0.6 is 0 Å². The maximum Gasteiger partial charge on any atom is 0.239 e. The number of nitrogens with zero attached hydrogens (tertiary/aromatic N) is 2. The van der Waals surface area contributed by atoms with Crippen LogP contribution < -0.4 is 15.4 Å². The van der Waals surface area contributed by atoms with Crippen molar-refractivity contribution in [1.29, 1.82) is 0 Å². The van der Waals surface area contributed by atoms with Crippen molar-refractivity contribution in [3.8, 4) is 5.75 Å². The van der Waals surface area contributed by atoms with Crippen molar-refractivity contribution in [2.45, 2.75) is 65.6 Å². The van der Waals surface area contributed by atoms with Gasteiger partial charge in [0.25, 0.3) is 0 Å². The van der Waals surface area contributed by atoms with Gasteiger partial charge in [0.1, 0.15) is 12.4 Å². The molecule has 1 heterocycles. The summed E-state index contributed by atoms with van der Waals surface area (Å²) in [5, 5.41) is 0. The Morgan fingerprint density at radius 3 is 2.35 bits per heavy atom. The van der Waals surface area contributed by atoms with Crippen LogP contribution in [0.4, 0.5) is 5.69 Å². The van der Waals surface area contributed by atoms with Crippen molar-refractivity contribution in [2.24, 2.45) is 11.7 Å². The van der Waals surface area contributed by atoms with Gasteiger partial charge in [-0.1, -0.05) is 62.2 Å². The van der Waals surface area contributed by atoms with Crippen molar-refractivity contribution in [3.63, 3.8) is 0 Å². The number of anilines is 1. The summed E-state index contributed by atoms with van der Waals surface area (Å²) in [4.78, 5) is 17.3. The van der Waals surface area contributed by atoms with E-state index in [1.54, 1.807) is 0 Å². The van der Waals surface area contributed by atoms with Crippen LogP contribution in [0.3, 0.4) is 0 Å². The van der Waals surface area contributed by atoms with Gasteiger partial charge in [0.2, 0.25) is 5.91 Å². The summed E-state index contributed by atoms with van der Waals surface area (Å²) in [5.41, 5.74) is 9.87. The fraction of sp³-hybridized carbons (Fsp3) is 0.483. The van der Waals surface area contributed by atoms with Gasteiger partial charge < -0.3 is 20.3 Å². The number of hydrogen-bond donors (Lipinski definition) is 1. The highest BCUT2D eigenvalue weighted by molar-refractivity contribution is 5.82. The number of rotatable bonds is 10. The highest BCUT2D eigenvalue weighted by Gasteiger charge is 2.30. The second kappa shape index (κ2) is 12.6. The van der Waals surface area contributed by atoms with Crippen LogP contribution in [0.1, 0.15) is 52.5 Å². The summed E-state index contributed by atoms with van der Waals surface area (Å²) in [7, 11) is 0. The number of ether oxygens (including phenoxy) is 1. The molecule has 2 N–H and O–H groups in total. The number of benzene rings is 2. The normalized spacial score (nSPS) is 16.0. The minimum atomic E-state index is -0.397. The smallest absolute Gasteiger partial charge is 0.239 e. The molecule has 5 nitrogen and oxygen atoms in total. The van der Waals surface area contributed by atoms with Gasteiger partial charge in [-0.15, -0.1) is 0 Å². The van der Waals surface area contributed by atoms with E-state index in [4.69, 9.17) is 10.5 Å². The lowest BCUT2D eigenvalue weighted by atomic mass is 9.96. The van der Waals surface area contributed by atoms with E-state index in [1.807, 2.05) is 23.1 Å². The summed E-state index contributed by atoms with van der Waals surface area (Å²) >= 11 is 0. The molecule has 1 saturated heterocycles. The number of allylic oxidation sites excluding steroid dienone is 1. The van der Waals surface area contributed by atoms with Gasteiger partial charge in [-0.2, -0.15) is 0 Å². The third-order valence-electron chi connectivity index (χ3n) is 6.87. The fourth-order valence-corrected chi connectivity index (χ4v) is 4.33. The summed E-state index contributed by atoms with van der Waals surface area (Å²) in [6.45, 7) is 11.4. The molecule has 5 heteroatoms. The van der Waals surface area contributed by atoms with Crippen LogP contribution in [0.2, 0.25) is 0 Å². The van der Waals surface area contributed by atoms with E-state index in [2.05, 4.69) is 75.1 Å². The third-order valence-corrected chi connectivity index (χ3v) is 6.87. The summed E-state index contributed by atoms with van der Waals surface area (Å²) in [6.07, 6.45) is 5.09. The molecule has 0 aliphatic carbocycles. The van der Waals surface area contributed by atoms with E-state index in [9.17, 15) is 4.79 Å². The maximum atomic E-state index is 12.8. The Morgan fingerprint density at radius 1 is 1.12 bits per heavy atom. The molecule has 0 spiro atoms. The zero-order valence-electron chi connectivity index (χ0n) is 21.2. The lowest BCUT2D eigenvalue weighted by Crippen LogP contribution is -2.52. The molecule has 1 amide bonds. The first kappa shape index (κ1) is 25.8. The van der Waals surface area contributed by atoms with Crippen LogP contribution in [0.15, 0.2) is 66.2 Å². The summed E-state index contributed by atoms with van der Waals surface area (Å²) in [5.74, 6) is 1.18. The Kier molecular flexibility index (Phi) is 9.58. The number of piperidine rings is 1. The van der Waals surface area contributed by atoms with Gasteiger partial charge in [0.05, 0.1) is 6.04 Å². The molecule has 2 atom stereocenters. The van der Waals surface area contributed by atoms with Crippen LogP contribution in [0, 0.1) is 5.92 Å². The number of amides is 1. The molecule has 1 aliphatic rings. The Balaban J connectivity index is 1.64. The zero-order chi connectivity index (χ0) is 24.5.